The van der Waals surface area contributed by atoms with E-state index in [1.807, 2.05) is 29.2 Å². The molecule has 1 fully saturated rings. The molecule has 3 rings (SSSR count). The quantitative estimate of drug-likeness (QED) is 0.814. The molecule has 1 aromatic carbocycles. The van der Waals surface area contributed by atoms with Gasteiger partial charge in [-0.1, -0.05) is 32.9 Å². The summed E-state index contributed by atoms with van der Waals surface area (Å²) >= 11 is 1.52. The van der Waals surface area contributed by atoms with Gasteiger partial charge in [-0.3, -0.25) is 4.79 Å². The minimum absolute atomic E-state index is 0.0242. The molecular formula is C19H24N2O2S. The number of amides is 1. The summed E-state index contributed by atoms with van der Waals surface area (Å²) in [5.74, 6) is 0.932. The van der Waals surface area contributed by atoms with Crippen molar-refractivity contribution in [3.63, 3.8) is 0 Å². The first-order chi connectivity index (χ1) is 11.4. The number of aromatic nitrogens is 1. The van der Waals surface area contributed by atoms with Crippen LogP contribution in [0.4, 0.5) is 0 Å². The Labute approximate surface area is 147 Å². The summed E-state index contributed by atoms with van der Waals surface area (Å²) in [6.07, 6.45) is 3.91. The topological polar surface area (TPSA) is 42.4 Å². The zero-order valence-corrected chi connectivity index (χ0v) is 15.5. The molecule has 4 nitrogen and oxygen atoms in total. The van der Waals surface area contributed by atoms with Crippen LogP contribution in [0.3, 0.4) is 0 Å². The second-order valence-electron chi connectivity index (χ2n) is 7.29. The number of hydrogen-bond donors (Lipinski definition) is 0. The van der Waals surface area contributed by atoms with Crippen LogP contribution in [0.1, 0.15) is 53.9 Å². The highest BCUT2D eigenvalue weighted by molar-refractivity contribution is 7.13. The number of carbonyl (C=O) groups is 1. The standard InChI is InChI=1S/C19H24N2O2S/c1-19(2,3)18-20-11-16(24-18)17(22)21(14-7-8-14)12-13-5-9-15(23-4)10-6-13/h5-6,9-11,14H,7-8,12H2,1-4H3. The Morgan fingerprint density at radius 1 is 1.29 bits per heavy atom. The molecule has 24 heavy (non-hydrogen) atoms. The van der Waals surface area contributed by atoms with Gasteiger partial charge in [0.05, 0.1) is 18.3 Å². The molecule has 0 saturated heterocycles. The molecule has 1 heterocycles. The van der Waals surface area contributed by atoms with Crippen LogP contribution in [0.25, 0.3) is 0 Å². The number of thiazole rings is 1. The van der Waals surface area contributed by atoms with Crippen LogP contribution in [0.5, 0.6) is 5.75 Å². The molecule has 2 aromatic rings. The number of rotatable bonds is 5. The van der Waals surface area contributed by atoms with E-state index in [4.69, 9.17) is 4.74 Å². The van der Waals surface area contributed by atoms with Crippen molar-refractivity contribution in [1.82, 2.24) is 9.88 Å². The van der Waals surface area contributed by atoms with Gasteiger partial charge in [0.2, 0.25) is 0 Å². The highest BCUT2D eigenvalue weighted by atomic mass is 32.1. The van der Waals surface area contributed by atoms with E-state index in [-0.39, 0.29) is 11.3 Å². The number of nitrogens with zero attached hydrogens (tertiary/aromatic N) is 2. The Bertz CT molecular complexity index is 712. The molecule has 1 aliphatic carbocycles. The predicted molar refractivity (Wildman–Crippen MR) is 96.7 cm³/mol. The number of ether oxygens (including phenoxy) is 1. The van der Waals surface area contributed by atoms with E-state index in [0.717, 1.165) is 34.0 Å². The fourth-order valence-electron chi connectivity index (χ4n) is 2.54. The molecule has 1 aromatic heterocycles. The van der Waals surface area contributed by atoms with Crippen molar-refractivity contribution in [2.24, 2.45) is 0 Å². The third-order valence-electron chi connectivity index (χ3n) is 4.12. The molecule has 0 atom stereocenters. The summed E-state index contributed by atoms with van der Waals surface area (Å²) in [5, 5.41) is 1.01. The fraction of sp³-hybridized carbons (Fsp3) is 0.474. The highest BCUT2D eigenvalue weighted by Crippen LogP contribution is 2.33. The molecular weight excluding hydrogens is 320 g/mol. The Kier molecular flexibility index (Phi) is 4.63. The van der Waals surface area contributed by atoms with Gasteiger partial charge in [-0.2, -0.15) is 0 Å². The van der Waals surface area contributed by atoms with Crippen molar-refractivity contribution >= 4 is 17.2 Å². The molecule has 0 spiro atoms. The Hall–Kier alpha value is -1.88. The van der Waals surface area contributed by atoms with Crippen LogP contribution >= 0.6 is 11.3 Å². The Balaban J connectivity index is 1.77. The van der Waals surface area contributed by atoms with E-state index in [9.17, 15) is 4.79 Å². The van der Waals surface area contributed by atoms with Crippen LogP contribution in [0.15, 0.2) is 30.5 Å². The van der Waals surface area contributed by atoms with Crippen LogP contribution in [-0.4, -0.2) is 28.9 Å². The van der Waals surface area contributed by atoms with Gasteiger partial charge < -0.3 is 9.64 Å². The first-order valence-corrected chi connectivity index (χ1v) is 9.10. The van der Waals surface area contributed by atoms with Crippen molar-refractivity contribution in [2.45, 2.75) is 51.6 Å². The smallest absolute Gasteiger partial charge is 0.266 e. The number of methoxy groups -OCH3 is 1. The predicted octanol–water partition coefficient (Wildman–Crippen LogP) is 4.25. The third-order valence-corrected chi connectivity index (χ3v) is 5.53. The number of hydrogen-bond acceptors (Lipinski definition) is 4. The van der Waals surface area contributed by atoms with Crippen molar-refractivity contribution in [3.05, 3.63) is 45.9 Å². The van der Waals surface area contributed by atoms with Gasteiger partial charge in [-0.05, 0) is 30.5 Å². The van der Waals surface area contributed by atoms with E-state index < -0.39 is 0 Å². The minimum Gasteiger partial charge on any atom is -0.497 e. The largest absolute Gasteiger partial charge is 0.497 e. The molecule has 1 aliphatic rings. The average molecular weight is 344 g/mol. The summed E-state index contributed by atoms with van der Waals surface area (Å²) in [6.45, 7) is 7.00. The average Bonchev–Trinajstić information content (AvgIpc) is 3.26. The summed E-state index contributed by atoms with van der Waals surface area (Å²) in [6, 6.07) is 8.29. The molecule has 0 radical (unpaired) electrons. The van der Waals surface area contributed by atoms with Gasteiger partial charge in [0.1, 0.15) is 10.6 Å². The monoisotopic (exact) mass is 344 g/mol. The van der Waals surface area contributed by atoms with Crippen molar-refractivity contribution in [3.8, 4) is 5.75 Å². The van der Waals surface area contributed by atoms with Gasteiger partial charge in [0.25, 0.3) is 5.91 Å². The summed E-state index contributed by atoms with van der Waals surface area (Å²) in [7, 11) is 1.66. The molecule has 128 valence electrons. The van der Waals surface area contributed by atoms with Crippen LogP contribution in [-0.2, 0) is 12.0 Å². The Morgan fingerprint density at radius 3 is 2.46 bits per heavy atom. The minimum atomic E-state index is -0.0242. The molecule has 0 aliphatic heterocycles. The van der Waals surface area contributed by atoms with E-state index in [2.05, 4.69) is 25.8 Å². The van der Waals surface area contributed by atoms with Crippen molar-refractivity contribution in [1.29, 1.82) is 0 Å². The highest BCUT2D eigenvalue weighted by Gasteiger charge is 2.34. The maximum atomic E-state index is 13.0. The summed E-state index contributed by atoms with van der Waals surface area (Å²) in [5.41, 5.74) is 1.10. The van der Waals surface area contributed by atoms with Crippen LogP contribution in [0.2, 0.25) is 0 Å². The molecule has 0 N–H and O–H groups in total. The van der Waals surface area contributed by atoms with E-state index in [1.54, 1.807) is 13.3 Å². The van der Waals surface area contributed by atoms with Crippen molar-refractivity contribution < 1.29 is 9.53 Å². The Morgan fingerprint density at radius 2 is 1.96 bits per heavy atom. The van der Waals surface area contributed by atoms with Gasteiger partial charge in [-0.25, -0.2) is 4.98 Å². The zero-order valence-electron chi connectivity index (χ0n) is 14.7. The maximum Gasteiger partial charge on any atom is 0.266 e. The number of benzene rings is 1. The van der Waals surface area contributed by atoms with E-state index in [1.165, 1.54) is 11.3 Å². The normalized spacial score (nSPS) is 14.5. The van der Waals surface area contributed by atoms with Crippen LogP contribution in [0, 0.1) is 0 Å². The molecule has 0 bridgehead atoms. The molecule has 0 unspecified atom stereocenters. The summed E-state index contributed by atoms with van der Waals surface area (Å²) in [4.78, 5) is 20.1. The number of carbonyl (C=O) groups excluding carboxylic acids is 1. The van der Waals surface area contributed by atoms with Gasteiger partial charge >= 0.3 is 0 Å². The molecule has 1 saturated carbocycles. The first-order valence-electron chi connectivity index (χ1n) is 8.28. The van der Waals surface area contributed by atoms with Crippen molar-refractivity contribution in [2.75, 3.05) is 7.11 Å². The fourth-order valence-corrected chi connectivity index (χ4v) is 3.47. The van der Waals surface area contributed by atoms with Gasteiger partial charge in [0.15, 0.2) is 0 Å². The lowest BCUT2D eigenvalue weighted by atomic mass is 9.98. The molecule has 1 amide bonds. The van der Waals surface area contributed by atoms with Crippen LogP contribution < -0.4 is 4.74 Å². The second-order valence-corrected chi connectivity index (χ2v) is 8.32. The van der Waals surface area contributed by atoms with Gasteiger partial charge in [0, 0.05) is 18.0 Å². The lowest BCUT2D eigenvalue weighted by molar-refractivity contribution is 0.0734. The third kappa shape index (κ3) is 3.78. The van der Waals surface area contributed by atoms with E-state index >= 15 is 0 Å². The SMILES string of the molecule is COc1ccc(CN(C(=O)c2cnc(C(C)(C)C)s2)C2CC2)cc1. The molecule has 5 heteroatoms. The first kappa shape index (κ1) is 17.0. The van der Waals surface area contributed by atoms with Gasteiger partial charge in [-0.15, -0.1) is 11.3 Å². The lowest BCUT2D eigenvalue weighted by Gasteiger charge is -2.22. The second kappa shape index (κ2) is 6.55. The van der Waals surface area contributed by atoms with E-state index in [0.29, 0.717) is 12.6 Å². The lowest BCUT2D eigenvalue weighted by Crippen LogP contribution is -2.32. The zero-order chi connectivity index (χ0) is 17.3. The summed E-state index contributed by atoms with van der Waals surface area (Å²) < 4.78 is 5.20. The maximum absolute atomic E-state index is 13.0.